The van der Waals surface area contributed by atoms with Crippen LogP contribution in [0.1, 0.15) is 19.4 Å². The third-order valence-corrected chi connectivity index (χ3v) is 3.35. The number of aliphatic hydroxyl groups is 1. The summed E-state index contributed by atoms with van der Waals surface area (Å²) in [6.45, 7) is 3.87. The Balaban J connectivity index is 2.03. The van der Waals surface area contributed by atoms with Gasteiger partial charge in [-0.25, -0.2) is 4.39 Å². The Morgan fingerprint density at radius 3 is 2.38 bits per heavy atom. The summed E-state index contributed by atoms with van der Waals surface area (Å²) < 4.78 is 18.4. The topological polar surface area (TPSA) is 29.5 Å². The van der Waals surface area contributed by atoms with E-state index in [9.17, 15) is 9.50 Å². The summed E-state index contributed by atoms with van der Waals surface area (Å²) in [5, 5.41) is 9.77. The van der Waals surface area contributed by atoms with E-state index in [4.69, 9.17) is 4.74 Å². The van der Waals surface area contributed by atoms with Gasteiger partial charge in [-0.05, 0) is 31.0 Å². The number of halogens is 1. The molecule has 1 aromatic carbocycles. The fraction of sp³-hybridized carbons (Fsp3) is 0.538. The van der Waals surface area contributed by atoms with Crippen LogP contribution in [0.5, 0.6) is 0 Å². The number of ether oxygens (including phenoxy) is 1. The van der Waals surface area contributed by atoms with Crippen LogP contribution < -0.4 is 0 Å². The second-order valence-corrected chi connectivity index (χ2v) is 4.56. The van der Waals surface area contributed by atoms with Crippen molar-refractivity contribution in [1.82, 2.24) is 0 Å². The van der Waals surface area contributed by atoms with Crippen LogP contribution in [0.4, 0.5) is 4.39 Å². The molecule has 0 spiro atoms. The van der Waals surface area contributed by atoms with Gasteiger partial charge in [-0.1, -0.05) is 19.1 Å². The molecule has 88 valence electrons. The Labute approximate surface area is 95.1 Å². The van der Waals surface area contributed by atoms with Gasteiger partial charge in [-0.15, -0.1) is 0 Å². The monoisotopic (exact) mass is 224 g/mol. The van der Waals surface area contributed by atoms with Gasteiger partial charge in [0.25, 0.3) is 0 Å². The van der Waals surface area contributed by atoms with Crippen molar-refractivity contribution in [2.75, 3.05) is 0 Å². The molecule has 1 heterocycles. The third kappa shape index (κ3) is 2.25. The number of aliphatic hydroxyl groups excluding tert-OH is 1. The van der Waals surface area contributed by atoms with Gasteiger partial charge in [-0.3, -0.25) is 0 Å². The van der Waals surface area contributed by atoms with Gasteiger partial charge in [0.1, 0.15) is 5.82 Å². The zero-order chi connectivity index (χ0) is 11.7. The summed E-state index contributed by atoms with van der Waals surface area (Å²) in [6, 6.07) is 6.44. The van der Waals surface area contributed by atoms with E-state index in [0.717, 1.165) is 12.0 Å². The molecule has 1 aliphatic heterocycles. The molecule has 0 saturated carbocycles. The number of benzene rings is 1. The van der Waals surface area contributed by atoms with Crippen molar-refractivity contribution in [2.24, 2.45) is 5.92 Å². The van der Waals surface area contributed by atoms with Gasteiger partial charge < -0.3 is 9.84 Å². The second kappa shape index (κ2) is 4.52. The van der Waals surface area contributed by atoms with E-state index in [2.05, 4.69) is 0 Å². The van der Waals surface area contributed by atoms with Crippen LogP contribution in [0.25, 0.3) is 0 Å². The first-order chi connectivity index (χ1) is 7.58. The fourth-order valence-corrected chi connectivity index (χ4v) is 2.21. The van der Waals surface area contributed by atoms with E-state index in [1.807, 2.05) is 13.8 Å². The average Bonchev–Trinajstić information content (AvgIpc) is 2.50. The summed E-state index contributed by atoms with van der Waals surface area (Å²) in [5.74, 6) is -0.0994. The normalized spacial score (nSPS) is 34.2. The van der Waals surface area contributed by atoms with Crippen molar-refractivity contribution >= 4 is 0 Å². The zero-order valence-corrected chi connectivity index (χ0v) is 9.56. The maximum atomic E-state index is 12.7. The standard InChI is InChI=1S/C13H17FO2/c1-8-12(16-9(2)13(8)15)7-10-3-5-11(14)6-4-10/h3-6,8-9,12-13,15H,7H2,1-2H3. The summed E-state index contributed by atoms with van der Waals surface area (Å²) in [6.07, 6.45) is 0.240. The highest BCUT2D eigenvalue weighted by molar-refractivity contribution is 5.17. The first kappa shape index (κ1) is 11.6. The SMILES string of the molecule is CC1OC(Cc2ccc(F)cc2)C(C)C1O. The zero-order valence-electron chi connectivity index (χ0n) is 9.56. The van der Waals surface area contributed by atoms with Crippen LogP contribution in [-0.2, 0) is 11.2 Å². The average molecular weight is 224 g/mol. The molecule has 0 radical (unpaired) electrons. The van der Waals surface area contributed by atoms with Gasteiger partial charge >= 0.3 is 0 Å². The number of hydrogen-bond donors (Lipinski definition) is 1. The molecule has 1 aliphatic rings. The quantitative estimate of drug-likeness (QED) is 0.834. The highest BCUT2D eigenvalue weighted by atomic mass is 19.1. The fourth-order valence-electron chi connectivity index (χ4n) is 2.21. The highest BCUT2D eigenvalue weighted by Gasteiger charge is 2.37. The molecule has 1 fully saturated rings. The van der Waals surface area contributed by atoms with Crippen molar-refractivity contribution in [1.29, 1.82) is 0 Å². The Morgan fingerprint density at radius 1 is 1.25 bits per heavy atom. The van der Waals surface area contributed by atoms with E-state index in [1.165, 1.54) is 12.1 Å². The van der Waals surface area contributed by atoms with Crippen LogP contribution in [0, 0.1) is 11.7 Å². The van der Waals surface area contributed by atoms with E-state index in [-0.39, 0.29) is 23.9 Å². The molecule has 0 aliphatic carbocycles. The Kier molecular flexibility index (Phi) is 3.26. The summed E-state index contributed by atoms with van der Waals surface area (Å²) in [7, 11) is 0. The molecular weight excluding hydrogens is 207 g/mol. The van der Waals surface area contributed by atoms with Crippen molar-refractivity contribution in [3.8, 4) is 0 Å². The minimum atomic E-state index is -0.398. The largest absolute Gasteiger partial charge is 0.390 e. The molecule has 2 rings (SSSR count). The molecule has 0 aromatic heterocycles. The smallest absolute Gasteiger partial charge is 0.123 e. The molecular formula is C13H17FO2. The lowest BCUT2D eigenvalue weighted by atomic mass is 9.94. The van der Waals surface area contributed by atoms with Gasteiger partial charge in [0.05, 0.1) is 18.3 Å². The maximum absolute atomic E-state index is 12.7. The van der Waals surface area contributed by atoms with Gasteiger partial charge in [-0.2, -0.15) is 0 Å². The van der Waals surface area contributed by atoms with E-state index in [1.54, 1.807) is 12.1 Å². The van der Waals surface area contributed by atoms with E-state index < -0.39 is 6.10 Å². The first-order valence-electron chi connectivity index (χ1n) is 5.66. The Hall–Kier alpha value is -0.930. The lowest BCUT2D eigenvalue weighted by Gasteiger charge is -2.15. The summed E-state index contributed by atoms with van der Waals surface area (Å²) in [5.41, 5.74) is 1.04. The molecule has 1 N–H and O–H groups in total. The van der Waals surface area contributed by atoms with E-state index >= 15 is 0 Å². The van der Waals surface area contributed by atoms with Gasteiger partial charge in [0.2, 0.25) is 0 Å². The molecule has 0 bridgehead atoms. The van der Waals surface area contributed by atoms with Crippen LogP contribution in [-0.4, -0.2) is 23.4 Å². The van der Waals surface area contributed by atoms with Gasteiger partial charge in [0, 0.05) is 5.92 Å². The molecule has 4 unspecified atom stereocenters. The first-order valence-corrected chi connectivity index (χ1v) is 5.66. The highest BCUT2D eigenvalue weighted by Crippen LogP contribution is 2.28. The lowest BCUT2D eigenvalue weighted by Crippen LogP contribution is -2.24. The van der Waals surface area contributed by atoms with Crippen LogP contribution in [0.3, 0.4) is 0 Å². The molecule has 1 aromatic rings. The minimum absolute atomic E-state index is 0.0236. The van der Waals surface area contributed by atoms with Gasteiger partial charge in [0.15, 0.2) is 0 Å². The summed E-state index contributed by atoms with van der Waals surface area (Å²) >= 11 is 0. The third-order valence-electron chi connectivity index (χ3n) is 3.35. The number of rotatable bonds is 2. The van der Waals surface area contributed by atoms with Crippen LogP contribution >= 0.6 is 0 Å². The molecule has 16 heavy (non-hydrogen) atoms. The Morgan fingerprint density at radius 2 is 1.88 bits per heavy atom. The van der Waals surface area contributed by atoms with Crippen molar-refractivity contribution < 1.29 is 14.2 Å². The van der Waals surface area contributed by atoms with Crippen LogP contribution in [0.15, 0.2) is 24.3 Å². The molecule has 3 heteroatoms. The maximum Gasteiger partial charge on any atom is 0.123 e. The summed E-state index contributed by atoms with van der Waals surface area (Å²) in [4.78, 5) is 0. The predicted octanol–water partition coefficient (Wildman–Crippen LogP) is 2.15. The lowest BCUT2D eigenvalue weighted by molar-refractivity contribution is 0.0224. The molecule has 4 atom stereocenters. The van der Waals surface area contributed by atoms with Crippen molar-refractivity contribution in [2.45, 2.75) is 38.6 Å². The van der Waals surface area contributed by atoms with Crippen molar-refractivity contribution in [3.63, 3.8) is 0 Å². The van der Waals surface area contributed by atoms with Crippen LogP contribution in [0.2, 0.25) is 0 Å². The Bertz CT molecular complexity index is 349. The van der Waals surface area contributed by atoms with Crippen molar-refractivity contribution in [3.05, 3.63) is 35.6 Å². The number of hydrogen-bond acceptors (Lipinski definition) is 2. The molecule has 0 amide bonds. The second-order valence-electron chi connectivity index (χ2n) is 4.56. The predicted molar refractivity (Wildman–Crippen MR) is 59.6 cm³/mol. The minimum Gasteiger partial charge on any atom is -0.390 e. The van der Waals surface area contributed by atoms with E-state index in [0.29, 0.717) is 0 Å². The molecule has 2 nitrogen and oxygen atoms in total. The molecule has 1 saturated heterocycles.